The Bertz CT molecular complexity index is 1190. The second-order valence-corrected chi connectivity index (χ2v) is 8.80. The van der Waals surface area contributed by atoms with Crippen molar-refractivity contribution in [2.75, 3.05) is 5.32 Å². The Balaban J connectivity index is 1.39. The van der Waals surface area contributed by atoms with Crippen LogP contribution in [0.1, 0.15) is 43.4 Å². The number of rotatable bonds is 10. The summed E-state index contributed by atoms with van der Waals surface area (Å²) in [4.78, 5) is 23.8. The summed E-state index contributed by atoms with van der Waals surface area (Å²) in [7, 11) is 0. The normalized spacial score (nSPS) is 14.8. The Morgan fingerprint density at radius 2 is 1.94 bits per heavy atom. The summed E-state index contributed by atoms with van der Waals surface area (Å²) in [6.45, 7) is 1.76. The van der Waals surface area contributed by atoms with Gasteiger partial charge in [-0.2, -0.15) is 4.39 Å². The SMILES string of the molecule is CC(OC(=O)Nc1c(-c2ccc(COC(CC3CC3)C(=O)O)cc2)noc1F)c1ccccc1Cl. The van der Waals surface area contributed by atoms with Crippen LogP contribution in [0.4, 0.5) is 14.9 Å². The van der Waals surface area contributed by atoms with Crippen LogP contribution in [-0.4, -0.2) is 28.4 Å². The zero-order valence-electron chi connectivity index (χ0n) is 18.9. The van der Waals surface area contributed by atoms with Crippen LogP contribution in [0.3, 0.4) is 0 Å². The van der Waals surface area contributed by atoms with Crippen molar-refractivity contribution < 1.29 is 33.1 Å². The van der Waals surface area contributed by atoms with Crippen LogP contribution in [0, 0.1) is 11.9 Å². The molecule has 1 amide bonds. The first kappa shape index (κ1) is 24.7. The maximum Gasteiger partial charge on any atom is 0.412 e. The average molecular weight is 503 g/mol. The van der Waals surface area contributed by atoms with E-state index in [9.17, 15) is 19.1 Å². The molecule has 3 aromatic rings. The molecule has 1 aliphatic carbocycles. The van der Waals surface area contributed by atoms with Crippen LogP contribution in [0.2, 0.25) is 5.02 Å². The molecule has 4 rings (SSSR count). The fraction of sp³-hybridized carbons (Fsp3) is 0.320. The number of carboxylic acids is 1. The van der Waals surface area contributed by atoms with Crippen molar-refractivity contribution in [3.63, 3.8) is 0 Å². The average Bonchev–Trinajstić information content (AvgIpc) is 3.59. The first-order chi connectivity index (χ1) is 16.8. The molecule has 184 valence electrons. The number of anilines is 1. The molecule has 0 saturated heterocycles. The maximum atomic E-state index is 14.3. The Morgan fingerprint density at radius 1 is 1.23 bits per heavy atom. The molecule has 1 aliphatic rings. The lowest BCUT2D eigenvalue weighted by molar-refractivity contribution is -0.152. The fourth-order valence-electron chi connectivity index (χ4n) is 3.59. The van der Waals surface area contributed by atoms with Gasteiger partial charge in [-0.3, -0.25) is 5.32 Å². The van der Waals surface area contributed by atoms with Crippen molar-refractivity contribution in [1.82, 2.24) is 5.16 Å². The first-order valence-corrected chi connectivity index (χ1v) is 11.5. The third kappa shape index (κ3) is 6.37. The Morgan fingerprint density at radius 3 is 2.60 bits per heavy atom. The number of benzene rings is 2. The highest BCUT2D eigenvalue weighted by molar-refractivity contribution is 6.31. The highest BCUT2D eigenvalue weighted by Gasteiger charge is 2.30. The Hall–Kier alpha value is -3.43. The molecule has 35 heavy (non-hydrogen) atoms. The number of hydrogen-bond acceptors (Lipinski definition) is 6. The Labute approximate surface area is 206 Å². The lowest BCUT2D eigenvalue weighted by Crippen LogP contribution is -2.24. The number of carboxylic acid groups (broad SMARTS) is 1. The predicted octanol–water partition coefficient (Wildman–Crippen LogP) is 6.21. The van der Waals surface area contributed by atoms with Crippen molar-refractivity contribution in [2.45, 2.75) is 45.0 Å². The van der Waals surface area contributed by atoms with E-state index in [1.165, 1.54) is 0 Å². The predicted molar refractivity (Wildman–Crippen MR) is 125 cm³/mol. The maximum absolute atomic E-state index is 14.3. The molecule has 1 saturated carbocycles. The van der Waals surface area contributed by atoms with Crippen molar-refractivity contribution in [3.8, 4) is 11.3 Å². The molecule has 10 heteroatoms. The summed E-state index contributed by atoms with van der Waals surface area (Å²) in [5, 5.41) is 15.8. The minimum Gasteiger partial charge on any atom is -0.479 e. The topological polar surface area (TPSA) is 111 Å². The first-order valence-electron chi connectivity index (χ1n) is 11.1. The zero-order valence-corrected chi connectivity index (χ0v) is 19.6. The van der Waals surface area contributed by atoms with Crippen LogP contribution < -0.4 is 5.32 Å². The van der Waals surface area contributed by atoms with Gasteiger partial charge in [0.2, 0.25) is 0 Å². The van der Waals surface area contributed by atoms with Gasteiger partial charge in [-0.1, -0.05) is 72.1 Å². The number of ether oxygens (including phenoxy) is 2. The molecular weight excluding hydrogens is 479 g/mol. The van der Waals surface area contributed by atoms with Gasteiger partial charge in [0, 0.05) is 16.1 Å². The number of aliphatic carboxylic acids is 1. The largest absolute Gasteiger partial charge is 0.479 e. The van der Waals surface area contributed by atoms with E-state index in [0.29, 0.717) is 28.5 Å². The molecule has 0 radical (unpaired) electrons. The number of hydrogen-bond donors (Lipinski definition) is 2. The minimum atomic E-state index is -1.07. The van der Waals surface area contributed by atoms with Crippen LogP contribution in [0.5, 0.6) is 0 Å². The molecule has 0 aliphatic heterocycles. The Kier molecular flexibility index (Phi) is 7.67. The van der Waals surface area contributed by atoms with Crippen molar-refractivity contribution in [2.24, 2.45) is 5.92 Å². The lowest BCUT2D eigenvalue weighted by atomic mass is 10.1. The second kappa shape index (κ2) is 10.9. The van der Waals surface area contributed by atoms with E-state index in [-0.39, 0.29) is 18.0 Å². The molecule has 1 heterocycles. The monoisotopic (exact) mass is 502 g/mol. The standard InChI is InChI=1S/C25H24ClFN2O6/c1-14(18-4-2-3-5-19(18)26)34-25(32)28-22-21(29-35-23(22)27)17-10-8-16(9-11-17)13-33-20(24(30)31)12-15-6-7-15/h2-5,8-11,14-15,20H,6-7,12-13H2,1H3,(H,28,32)(H,30,31). The summed E-state index contributed by atoms with van der Waals surface area (Å²) >= 11 is 6.13. The zero-order chi connectivity index (χ0) is 24.9. The number of nitrogens with zero attached hydrogens (tertiary/aromatic N) is 1. The van der Waals surface area contributed by atoms with Crippen LogP contribution in [0.15, 0.2) is 53.1 Å². The van der Waals surface area contributed by atoms with E-state index in [1.54, 1.807) is 55.5 Å². The molecule has 0 bridgehead atoms. The second-order valence-electron chi connectivity index (χ2n) is 8.39. The number of carbonyl (C=O) groups is 2. The lowest BCUT2D eigenvalue weighted by Gasteiger charge is -2.15. The number of halogens is 2. The highest BCUT2D eigenvalue weighted by atomic mass is 35.5. The van der Waals surface area contributed by atoms with Crippen LogP contribution in [-0.2, 0) is 20.9 Å². The van der Waals surface area contributed by atoms with Crippen molar-refractivity contribution >= 4 is 29.4 Å². The third-order valence-corrected chi connectivity index (χ3v) is 6.05. The van der Waals surface area contributed by atoms with Gasteiger partial charge in [0.25, 0.3) is 0 Å². The summed E-state index contributed by atoms with van der Waals surface area (Å²) in [5.41, 5.74) is 1.64. The molecule has 2 unspecified atom stereocenters. The van der Waals surface area contributed by atoms with E-state index >= 15 is 0 Å². The van der Waals surface area contributed by atoms with Crippen molar-refractivity contribution in [3.05, 3.63) is 70.7 Å². The summed E-state index contributed by atoms with van der Waals surface area (Å²) in [6, 6.07) is 12.6. The molecule has 1 aromatic heterocycles. The minimum absolute atomic E-state index is 0.0782. The summed E-state index contributed by atoms with van der Waals surface area (Å²) in [5.74, 6) is -0.552. The highest BCUT2D eigenvalue weighted by Crippen LogP contribution is 2.35. The molecule has 2 atom stereocenters. The van der Waals surface area contributed by atoms with Gasteiger partial charge < -0.3 is 19.1 Å². The van der Waals surface area contributed by atoms with E-state index in [0.717, 1.165) is 18.4 Å². The summed E-state index contributed by atoms with van der Waals surface area (Å²) in [6.07, 6.45) is 0.163. The van der Waals surface area contributed by atoms with Crippen molar-refractivity contribution in [1.29, 1.82) is 0 Å². The van der Waals surface area contributed by atoms with Gasteiger partial charge in [0.05, 0.1) is 6.61 Å². The smallest absolute Gasteiger partial charge is 0.412 e. The van der Waals surface area contributed by atoms with Gasteiger partial charge in [0.15, 0.2) is 6.10 Å². The molecule has 2 aromatic carbocycles. The van der Waals surface area contributed by atoms with Crippen LogP contribution >= 0.6 is 11.6 Å². The van der Waals surface area contributed by atoms with Gasteiger partial charge >= 0.3 is 18.1 Å². The third-order valence-electron chi connectivity index (χ3n) is 5.70. The van der Waals surface area contributed by atoms with Gasteiger partial charge in [-0.25, -0.2) is 9.59 Å². The number of nitrogens with one attached hydrogen (secondary N) is 1. The van der Waals surface area contributed by atoms with E-state index in [2.05, 4.69) is 15.0 Å². The summed E-state index contributed by atoms with van der Waals surface area (Å²) < 4.78 is 29.8. The number of aromatic nitrogens is 1. The van der Waals surface area contributed by atoms with Crippen LogP contribution in [0.25, 0.3) is 11.3 Å². The quantitative estimate of drug-likeness (QED) is 0.339. The van der Waals surface area contributed by atoms with Gasteiger partial charge in [-0.05, 0) is 30.9 Å². The number of amides is 1. The molecule has 1 fully saturated rings. The molecule has 2 N–H and O–H groups in total. The molecule has 0 spiro atoms. The number of carbonyl (C=O) groups excluding carboxylic acids is 1. The van der Waals surface area contributed by atoms with Gasteiger partial charge in [0.1, 0.15) is 17.5 Å². The van der Waals surface area contributed by atoms with E-state index < -0.39 is 30.3 Å². The fourth-order valence-corrected chi connectivity index (χ4v) is 3.88. The molecule has 8 nitrogen and oxygen atoms in total. The molecular formula is C25H24ClFN2O6. The van der Waals surface area contributed by atoms with E-state index in [1.807, 2.05) is 0 Å². The van der Waals surface area contributed by atoms with Gasteiger partial charge in [-0.15, -0.1) is 0 Å². The van der Waals surface area contributed by atoms with E-state index in [4.69, 9.17) is 21.1 Å².